The summed E-state index contributed by atoms with van der Waals surface area (Å²) in [6.07, 6.45) is 39.9. The summed E-state index contributed by atoms with van der Waals surface area (Å²) in [5.41, 5.74) is -0.0323. The molecule has 1 radical (unpaired) electrons. The lowest BCUT2D eigenvalue weighted by molar-refractivity contribution is -0.112. The summed E-state index contributed by atoms with van der Waals surface area (Å²) in [5.74, 6) is 0. The Kier molecular flexibility index (Phi) is 37.0. The highest BCUT2D eigenvalue weighted by Crippen LogP contribution is 2.38. The van der Waals surface area contributed by atoms with Crippen molar-refractivity contribution in [1.29, 1.82) is 0 Å². The quantitative estimate of drug-likeness (QED) is 0.0443. The van der Waals surface area contributed by atoms with Crippen LogP contribution in [0.3, 0.4) is 0 Å². The van der Waals surface area contributed by atoms with Gasteiger partial charge in [-0.25, -0.2) is 0 Å². The molecule has 4 nitrogen and oxygen atoms in total. The van der Waals surface area contributed by atoms with Gasteiger partial charge in [0.15, 0.2) is 5.52 Å². The van der Waals surface area contributed by atoms with E-state index in [1.807, 2.05) is 0 Å². The normalized spacial score (nSPS) is 12.7. The first-order valence-electron chi connectivity index (χ1n) is 19.0. The molecule has 2 atom stereocenters. The van der Waals surface area contributed by atoms with Crippen LogP contribution in [0.4, 0.5) is 0 Å². The first-order chi connectivity index (χ1) is 21.1. The molecule has 0 aliphatic rings. The highest BCUT2D eigenvalue weighted by atomic mass is 31.2. The third-order valence-electron chi connectivity index (χ3n) is 8.23. The van der Waals surface area contributed by atoms with Crippen molar-refractivity contribution < 1.29 is 19.0 Å². The van der Waals surface area contributed by atoms with Gasteiger partial charge < -0.3 is 9.67 Å². The molecule has 0 rings (SSSR count). The van der Waals surface area contributed by atoms with E-state index in [9.17, 15) is 13.9 Å². The Morgan fingerprint density at radius 2 is 0.955 bits per heavy atom. The smallest absolute Gasteiger partial charge is 0.191 e. The van der Waals surface area contributed by atoms with Crippen LogP contribution < -0.4 is 0 Å². The van der Waals surface area contributed by atoms with Crippen LogP contribution in [-0.4, -0.2) is 42.4 Å². The maximum Gasteiger partial charge on any atom is 0.191 e. The first-order valence-corrected chi connectivity index (χ1v) is 23.2. The monoisotopic (exact) mass is 660 g/mol. The van der Waals surface area contributed by atoms with Crippen molar-refractivity contribution in [3.8, 4) is 0 Å². The van der Waals surface area contributed by atoms with Gasteiger partial charge in [0.25, 0.3) is 0 Å². The fourth-order valence-electron chi connectivity index (χ4n) is 5.31. The predicted octanol–water partition coefficient (Wildman–Crippen LogP) is 13.5. The Hall–Kier alpha value is -0.300. The number of carbonyl (C=O) groups excluding carboxylic acids is 1. The molecular formula is C38H77O4P2. The van der Waals surface area contributed by atoms with Crippen LogP contribution >= 0.6 is 14.9 Å². The Bertz CT molecular complexity index is 699. The molecule has 0 aromatic rings. The Morgan fingerprint density at radius 1 is 0.614 bits per heavy atom. The topological polar surface area (TPSA) is 71.4 Å². The van der Waals surface area contributed by atoms with Crippen LogP contribution in [-0.2, 0) is 13.9 Å². The number of unbranched alkanes of at least 4 members (excludes halogenated alkanes) is 23. The Labute approximate surface area is 277 Å². The van der Waals surface area contributed by atoms with Crippen molar-refractivity contribution in [2.24, 2.45) is 0 Å². The number of carbonyl (C=O) groups is 1. The second-order valence-corrected chi connectivity index (χ2v) is 18.5. The van der Waals surface area contributed by atoms with Crippen LogP contribution in [0, 0.1) is 0 Å². The molecule has 0 aliphatic heterocycles. The third kappa shape index (κ3) is 39.7. The second-order valence-electron chi connectivity index (χ2n) is 13.6. The standard InChI is InChI=1S/C20H39O2P.C18H38O2P/c1-4-5-6-7-8-9-10-11-12-13-14-15-16-17-18-19-20(21)23(2,3)22;1-3-4-5-6-7-8-9-10-11-12-13-14-15-16-21(20)17-18(2)19/h11-12H,4-10,13-19H2,1-3H3;18-19H,3-17H2,1-2H3. The molecule has 0 heterocycles. The maximum absolute atomic E-state index is 11.5. The number of allylic oxidation sites excluding steroid dienone is 2. The summed E-state index contributed by atoms with van der Waals surface area (Å²) in [5, 5.41) is 9.14. The van der Waals surface area contributed by atoms with E-state index >= 15 is 0 Å². The molecule has 0 aliphatic carbocycles. The molecule has 6 heteroatoms. The van der Waals surface area contributed by atoms with Crippen LogP contribution in [0.1, 0.15) is 194 Å². The summed E-state index contributed by atoms with van der Waals surface area (Å²) in [6.45, 7) is 9.40. The first kappa shape index (κ1) is 45.8. The Balaban J connectivity index is 0. The van der Waals surface area contributed by atoms with Crippen molar-refractivity contribution in [1.82, 2.24) is 0 Å². The molecule has 0 amide bonds. The SMILES string of the molecule is CCCCCCCCC=CCCCCCCCC(=O)P(C)(C)=O.CCCCCCCCCCCCCCC[P](=O)CC(C)O. The minimum absolute atomic E-state index is 0.0323. The Morgan fingerprint density at radius 3 is 1.32 bits per heavy atom. The molecule has 0 aromatic heterocycles. The van der Waals surface area contributed by atoms with Gasteiger partial charge in [0, 0.05) is 18.7 Å². The van der Waals surface area contributed by atoms with Gasteiger partial charge in [0.05, 0.1) is 13.9 Å². The van der Waals surface area contributed by atoms with E-state index in [1.165, 1.54) is 148 Å². The van der Waals surface area contributed by atoms with Crippen molar-refractivity contribution >= 4 is 20.5 Å². The van der Waals surface area contributed by atoms with Crippen LogP contribution in [0.2, 0.25) is 0 Å². The zero-order valence-corrected chi connectivity index (χ0v) is 32.1. The number of hydrogen-bond acceptors (Lipinski definition) is 4. The van der Waals surface area contributed by atoms with Gasteiger partial charge >= 0.3 is 0 Å². The van der Waals surface area contributed by atoms with Gasteiger partial charge in [-0.1, -0.05) is 154 Å². The lowest BCUT2D eigenvalue weighted by Gasteiger charge is -2.04. The number of aliphatic hydroxyl groups is 1. The highest BCUT2D eigenvalue weighted by molar-refractivity contribution is 7.79. The number of aliphatic hydroxyl groups excluding tert-OH is 1. The molecule has 44 heavy (non-hydrogen) atoms. The van der Waals surface area contributed by atoms with Gasteiger partial charge in [-0.05, 0) is 58.8 Å². The number of rotatable bonds is 32. The highest BCUT2D eigenvalue weighted by Gasteiger charge is 2.17. The largest absolute Gasteiger partial charge is 0.393 e. The summed E-state index contributed by atoms with van der Waals surface area (Å²) < 4.78 is 23.1. The molecule has 1 N–H and O–H groups in total. The minimum Gasteiger partial charge on any atom is -0.393 e. The van der Waals surface area contributed by atoms with Crippen LogP contribution in [0.25, 0.3) is 0 Å². The van der Waals surface area contributed by atoms with E-state index in [2.05, 4.69) is 26.0 Å². The zero-order valence-electron chi connectivity index (χ0n) is 30.3. The van der Waals surface area contributed by atoms with Crippen molar-refractivity contribution in [2.45, 2.75) is 200 Å². The molecule has 0 saturated heterocycles. The fraction of sp³-hybridized carbons (Fsp3) is 0.921. The van der Waals surface area contributed by atoms with E-state index < -0.39 is 21.0 Å². The molecule has 263 valence electrons. The van der Waals surface area contributed by atoms with E-state index in [0.717, 1.165) is 25.4 Å². The molecule has 0 saturated carbocycles. The van der Waals surface area contributed by atoms with E-state index in [1.54, 1.807) is 20.3 Å². The third-order valence-corrected chi connectivity index (χ3v) is 11.4. The molecule has 0 fully saturated rings. The predicted molar refractivity (Wildman–Crippen MR) is 199 cm³/mol. The average Bonchev–Trinajstić information content (AvgIpc) is 2.97. The van der Waals surface area contributed by atoms with Gasteiger partial charge in [-0.2, -0.15) is 0 Å². The zero-order chi connectivity index (χ0) is 33.2. The lowest BCUT2D eigenvalue weighted by atomic mass is 10.1. The second kappa shape index (κ2) is 35.6. The molecule has 2 unspecified atom stereocenters. The lowest BCUT2D eigenvalue weighted by Crippen LogP contribution is -2.03. The van der Waals surface area contributed by atoms with Crippen molar-refractivity contribution in [3.05, 3.63) is 12.2 Å². The van der Waals surface area contributed by atoms with Gasteiger partial charge in [0.1, 0.15) is 7.14 Å². The summed E-state index contributed by atoms with van der Waals surface area (Å²) in [7, 11) is -3.65. The summed E-state index contributed by atoms with van der Waals surface area (Å²) in [4.78, 5) is 11.5. The molecule has 0 aromatic carbocycles. The van der Waals surface area contributed by atoms with Gasteiger partial charge in [-0.3, -0.25) is 9.36 Å². The summed E-state index contributed by atoms with van der Waals surface area (Å²) in [6, 6.07) is 0. The van der Waals surface area contributed by atoms with E-state index in [-0.39, 0.29) is 5.52 Å². The number of hydrogen-bond donors (Lipinski definition) is 1. The molecule has 0 spiro atoms. The summed E-state index contributed by atoms with van der Waals surface area (Å²) >= 11 is 0. The van der Waals surface area contributed by atoms with Crippen molar-refractivity contribution in [3.63, 3.8) is 0 Å². The fourth-order valence-corrected chi connectivity index (χ4v) is 7.35. The van der Waals surface area contributed by atoms with E-state index in [4.69, 9.17) is 5.11 Å². The van der Waals surface area contributed by atoms with Crippen LogP contribution in [0.15, 0.2) is 12.2 Å². The van der Waals surface area contributed by atoms with Gasteiger partial charge in [0.2, 0.25) is 0 Å². The average molecular weight is 660 g/mol. The van der Waals surface area contributed by atoms with Gasteiger partial charge in [-0.15, -0.1) is 0 Å². The van der Waals surface area contributed by atoms with Crippen LogP contribution in [0.5, 0.6) is 0 Å². The van der Waals surface area contributed by atoms with E-state index in [0.29, 0.717) is 12.6 Å². The molecule has 0 bridgehead atoms. The minimum atomic E-state index is -2.49. The van der Waals surface area contributed by atoms with Crippen molar-refractivity contribution in [2.75, 3.05) is 25.7 Å². The maximum atomic E-state index is 11.5. The molecular weight excluding hydrogens is 582 g/mol.